The van der Waals surface area contributed by atoms with Crippen molar-refractivity contribution >= 4 is 33.6 Å². The van der Waals surface area contributed by atoms with E-state index in [9.17, 15) is 4.79 Å². The van der Waals surface area contributed by atoms with E-state index in [4.69, 9.17) is 4.74 Å². The van der Waals surface area contributed by atoms with E-state index in [0.29, 0.717) is 12.2 Å². The Balaban J connectivity index is 1.45. The van der Waals surface area contributed by atoms with E-state index < -0.39 is 0 Å². The summed E-state index contributed by atoms with van der Waals surface area (Å²) in [6, 6.07) is 11.6. The third-order valence-corrected chi connectivity index (χ3v) is 5.18. The number of hydrogen-bond acceptors (Lipinski definition) is 4. The van der Waals surface area contributed by atoms with Crippen molar-refractivity contribution in [2.75, 3.05) is 25.4 Å². The number of likely N-dealkylation sites (tertiary alicyclic amines) is 1. The molecule has 0 saturated carbocycles. The van der Waals surface area contributed by atoms with Crippen LogP contribution < -0.4 is 4.74 Å². The number of pyridine rings is 1. The molecular weight excluding hydrogens is 388 g/mol. The predicted molar refractivity (Wildman–Crippen MR) is 99.7 cm³/mol. The van der Waals surface area contributed by atoms with Crippen LogP contribution in [0.25, 0.3) is 0 Å². The van der Waals surface area contributed by atoms with Crippen molar-refractivity contribution in [3.63, 3.8) is 0 Å². The Morgan fingerprint density at radius 2 is 2.08 bits per heavy atom. The summed E-state index contributed by atoms with van der Waals surface area (Å²) in [4.78, 5) is 18.5. The molecule has 1 fully saturated rings. The Kier molecular flexibility index (Phi) is 6.15. The monoisotopic (exact) mass is 406 g/mol. The summed E-state index contributed by atoms with van der Waals surface area (Å²) < 4.78 is 6.71. The average Bonchev–Trinajstić information content (AvgIpc) is 3.13. The molecule has 0 atom stereocenters. The fourth-order valence-electron chi connectivity index (χ4n) is 2.56. The van der Waals surface area contributed by atoms with Gasteiger partial charge < -0.3 is 9.64 Å². The second kappa shape index (κ2) is 8.53. The van der Waals surface area contributed by atoms with Gasteiger partial charge in [0, 0.05) is 29.5 Å². The molecule has 1 aliphatic heterocycles. The lowest BCUT2D eigenvalue weighted by Gasteiger charge is -2.14. The Labute approximate surface area is 154 Å². The zero-order valence-electron chi connectivity index (χ0n) is 13.3. The number of benzene rings is 1. The molecule has 1 aromatic heterocycles. The molecule has 1 aromatic carbocycles. The molecule has 0 N–H and O–H groups in total. The standard InChI is InChI=1S/C18H19BrN2O2S/c19-15-4-3-5-16(12-15)23-10-11-24-17-7-6-14(13-20-17)18(22)21-8-1-2-9-21/h3-7,12-13H,1-2,8-11H2. The summed E-state index contributed by atoms with van der Waals surface area (Å²) in [5.74, 6) is 1.75. The first-order valence-corrected chi connectivity index (χ1v) is 9.77. The highest BCUT2D eigenvalue weighted by Crippen LogP contribution is 2.20. The molecule has 6 heteroatoms. The second-order valence-corrected chi connectivity index (χ2v) is 7.57. The van der Waals surface area contributed by atoms with Crippen LogP contribution in [0.15, 0.2) is 52.1 Å². The lowest BCUT2D eigenvalue weighted by molar-refractivity contribution is 0.0792. The largest absolute Gasteiger partial charge is 0.493 e. The van der Waals surface area contributed by atoms with E-state index in [0.717, 1.165) is 46.9 Å². The number of carbonyl (C=O) groups excluding carboxylic acids is 1. The number of aromatic nitrogens is 1. The predicted octanol–water partition coefficient (Wildman–Crippen LogP) is 4.25. The van der Waals surface area contributed by atoms with Crippen LogP contribution in [0.2, 0.25) is 0 Å². The number of hydrogen-bond donors (Lipinski definition) is 0. The van der Waals surface area contributed by atoms with Gasteiger partial charge in [-0.05, 0) is 43.2 Å². The van der Waals surface area contributed by atoms with Gasteiger partial charge in [0.25, 0.3) is 5.91 Å². The summed E-state index contributed by atoms with van der Waals surface area (Å²) in [7, 11) is 0. The van der Waals surface area contributed by atoms with Gasteiger partial charge in [-0.1, -0.05) is 22.0 Å². The molecule has 0 radical (unpaired) electrons. The van der Waals surface area contributed by atoms with Crippen LogP contribution in [0.1, 0.15) is 23.2 Å². The first-order valence-electron chi connectivity index (χ1n) is 7.99. The van der Waals surface area contributed by atoms with E-state index in [1.165, 1.54) is 0 Å². The summed E-state index contributed by atoms with van der Waals surface area (Å²) in [5.41, 5.74) is 0.673. The maximum atomic E-state index is 12.3. The zero-order valence-corrected chi connectivity index (χ0v) is 15.7. The van der Waals surface area contributed by atoms with E-state index in [1.54, 1.807) is 18.0 Å². The van der Waals surface area contributed by atoms with E-state index >= 15 is 0 Å². The molecule has 0 bridgehead atoms. The normalized spacial score (nSPS) is 14.0. The van der Waals surface area contributed by atoms with Gasteiger partial charge in [-0.2, -0.15) is 0 Å². The van der Waals surface area contributed by atoms with Gasteiger partial charge in [0.2, 0.25) is 0 Å². The minimum atomic E-state index is 0.0922. The molecule has 1 amide bonds. The minimum Gasteiger partial charge on any atom is -0.493 e. The maximum absolute atomic E-state index is 12.3. The van der Waals surface area contributed by atoms with Crippen molar-refractivity contribution in [1.29, 1.82) is 0 Å². The van der Waals surface area contributed by atoms with E-state index in [2.05, 4.69) is 20.9 Å². The highest BCUT2D eigenvalue weighted by atomic mass is 79.9. The van der Waals surface area contributed by atoms with Crippen LogP contribution >= 0.6 is 27.7 Å². The topological polar surface area (TPSA) is 42.4 Å². The molecule has 0 unspecified atom stereocenters. The Morgan fingerprint density at radius 3 is 2.79 bits per heavy atom. The summed E-state index contributed by atoms with van der Waals surface area (Å²) in [5, 5.41) is 0.908. The molecule has 2 heterocycles. The van der Waals surface area contributed by atoms with Crippen LogP contribution in [-0.2, 0) is 0 Å². The average molecular weight is 407 g/mol. The Hall–Kier alpha value is -1.53. The van der Waals surface area contributed by atoms with Crippen molar-refractivity contribution in [3.05, 3.63) is 52.6 Å². The van der Waals surface area contributed by atoms with Crippen molar-refractivity contribution < 1.29 is 9.53 Å². The van der Waals surface area contributed by atoms with E-state index in [-0.39, 0.29) is 5.91 Å². The molecule has 0 spiro atoms. The van der Waals surface area contributed by atoms with Crippen LogP contribution in [0.3, 0.4) is 0 Å². The second-order valence-electron chi connectivity index (χ2n) is 5.54. The van der Waals surface area contributed by atoms with Gasteiger partial charge >= 0.3 is 0 Å². The lowest BCUT2D eigenvalue weighted by atomic mass is 10.2. The number of thioether (sulfide) groups is 1. The first kappa shape index (κ1) is 17.3. The molecule has 1 aliphatic rings. The van der Waals surface area contributed by atoms with Gasteiger partial charge in [0.15, 0.2) is 0 Å². The Morgan fingerprint density at radius 1 is 1.25 bits per heavy atom. The zero-order chi connectivity index (χ0) is 16.8. The van der Waals surface area contributed by atoms with Crippen molar-refractivity contribution in [3.8, 4) is 5.75 Å². The highest BCUT2D eigenvalue weighted by Gasteiger charge is 2.19. The molecule has 3 rings (SSSR count). The molecule has 1 saturated heterocycles. The summed E-state index contributed by atoms with van der Waals surface area (Å²) in [6.07, 6.45) is 3.88. The van der Waals surface area contributed by atoms with Gasteiger partial charge in [-0.3, -0.25) is 4.79 Å². The SMILES string of the molecule is O=C(c1ccc(SCCOc2cccc(Br)c2)nc1)N1CCCC1. The van der Waals surface area contributed by atoms with E-state index in [1.807, 2.05) is 41.3 Å². The quantitative estimate of drug-likeness (QED) is 0.531. The van der Waals surface area contributed by atoms with Crippen LogP contribution in [0.4, 0.5) is 0 Å². The lowest BCUT2D eigenvalue weighted by Crippen LogP contribution is -2.27. The number of amides is 1. The van der Waals surface area contributed by atoms with Gasteiger partial charge in [0.1, 0.15) is 5.75 Å². The Bertz CT molecular complexity index is 688. The number of nitrogens with zero attached hydrogens (tertiary/aromatic N) is 2. The fourth-order valence-corrected chi connectivity index (χ4v) is 3.60. The number of rotatable bonds is 6. The molecule has 2 aromatic rings. The summed E-state index contributed by atoms with van der Waals surface area (Å²) >= 11 is 5.05. The van der Waals surface area contributed by atoms with Gasteiger partial charge in [-0.15, -0.1) is 11.8 Å². The number of ether oxygens (including phenoxy) is 1. The van der Waals surface area contributed by atoms with Crippen molar-refractivity contribution in [2.24, 2.45) is 0 Å². The summed E-state index contributed by atoms with van der Waals surface area (Å²) in [6.45, 7) is 2.34. The van der Waals surface area contributed by atoms with Crippen molar-refractivity contribution in [2.45, 2.75) is 17.9 Å². The minimum absolute atomic E-state index is 0.0922. The van der Waals surface area contributed by atoms with Gasteiger partial charge in [-0.25, -0.2) is 4.98 Å². The van der Waals surface area contributed by atoms with Crippen LogP contribution in [0, 0.1) is 0 Å². The highest BCUT2D eigenvalue weighted by molar-refractivity contribution is 9.10. The molecule has 24 heavy (non-hydrogen) atoms. The third kappa shape index (κ3) is 4.74. The smallest absolute Gasteiger partial charge is 0.255 e. The number of halogens is 1. The molecule has 0 aliphatic carbocycles. The number of carbonyl (C=O) groups is 1. The third-order valence-electron chi connectivity index (χ3n) is 3.77. The fraction of sp³-hybridized carbons (Fsp3) is 0.333. The molecule has 126 valence electrons. The van der Waals surface area contributed by atoms with Crippen molar-refractivity contribution in [1.82, 2.24) is 9.88 Å². The first-order chi connectivity index (χ1) is 11.7. The molecule has 4 nitrogen and oxygen atoms in total. The van der Waals surface area contributed by atoms with Crippen LogP contribution in [-0.4, -0.2) is 41.2 Å². The maximum Gasteiger partial charge on any atom is 0.255 e. The molecular formula is C18H19BrN2O2S. The van der Waals surface area contributed by atoms with Crippen LogP contribution in [0.5, 0.6) is 5.75 Å². The van der Waals surface area contributed by atoms with Gasteiger partial charge in [0.05, 0.1) is 17.2 Å².